The first-order chi connectivity index (χ1) is 14.6. The summed E-state index contributed by atoms with van der Waals surface area (Å²) in [6, 6.07) is 6.89. The fourth-order valence-corrected chi connectivity index (χ4v) is 4.94. The van der Waals surface area contributed by atoms with Crippen LogP contribution < -0.4 is 4.74 Å². The second-order valence-corrected chi connectivity index (χ2v) is 8.65. The van der Waals surface area contributed by atoms with Gasteiger partial charge in [-0.3, -0.25) is 14.7 Å². The molecule has 2 fully saturated rings. The topological polar surface area (TPSA) is 75.0 Å². The summed E-state index contributed by atoms with van der Waals surface area (Å²) < 4.78 is 5.18. The first-order valence-electron chi connectivity index (χ1n) is 9.85. The van der Waals surface area contributed by atoms with Gasteiger partial charge in [0.15, 0.2) is 16.7 Å². The predicted molar refractivity (Wildman–Crippen MR) is 120 cm³/mol. The van der Waals surface area contributed by atoms with Gasteiger partial charge < -0.3 is 9.84 Å². The van der Waals surface area contributed by atoms with Gasteiger partial charge in [0.05, 0.1) is 22.7 Å². The molecule has 2 aliphatic rings. The van der Waals surface area contributed by atoms with E-state index in [1.807, 2.05) is 11.0 Å². The Balaban J connectivity index is 1.72. The molecule has 30 heavy (non-hydrogen) atoms. The number of hydrogen-bond donors (Lipinski definition) is 1. The molecule has 1 N–H and O–H groups in total. The zero-order chi connectivity index (χ0) is 21.1. The number of thioether (sulfide) groups is 1. The molecule has 6 nitrogen and oxygen atoms in total. The van der Waals surface area contributed by atoms with Crippen molar-refractivity contribution in [3.05, 3.63) is 52.2 Å². The lowest BCUT2D eigenvalue weighted by molar-refractivity contribution is -0.124. The van der Waals surface area contributed by atoms with Crippen molar-refractivity contribution in [1.82, 2.24) is 9.88 Å². The molecule has 8 heteroatoms. The first-order valence-corrected chi connectivity index (χ1v) is 11.0. The Bertz CT molecular complexity index is 1020. The number of rotatable bonds is 4. The van der Waals surface area contributed by atoms with Crippen LogP contribution in [-0.4, -0.2) is 39.2 Å². The van der Waals surface area contributed by atoms with Crippen LogP contribution in [-0.2, 0) is 4.79 Å². The summed E-state index contributed by atoms with van der Waals surface area (Å²) in [5.74, 6) is 0.368. The number of nitrogens with zero attached hydrogens (tertiary/aromatic N) is 3. The summed E-state index contributed by atoms with van der Waals surface area (Å²) in [6.45, 7) is 0. The van der Waals surface area contributed by atoms with Gasteiger partial charge in [-0.15, -0.1) is 0 Å². The van der Waals surface area contributed by atoms with Crippen molar-refractivity contribution < 1.29 is 14.6 Å². The highest BCUT2D eigenvalue weighted by molar-refractivity contribution is 8.18. The molecule has 1 saturated carbocycles. The van der Waals surface area contributed by atoms with Crippen molar-refractivity contribution in [2.75, 3.05) is 7.11 Å². The van der Waals surface area contributed by atoms with Gasteiger partial charge in [-0.1, -0.05) is 36.9 Å². The number of benzene rings is 1. The molecule has 4 rings (SSSR count). The van der Waals surface area contributed by atoms with E-state index in [2.05, 4.69) is 4.98 Å². The molecule has 2 aromatic rings. The van der Waals surface area contributed by atoms with Crippen LogP contribution in [0.2, 0.25) is 5.02 Å². The van der Waals surface area contributed by atoms with Gasteiger partial charge in [-0.25, -0.2) is 4.99 Å². The maximum Gasteiger partial charge on any atom is 0.267 e. The maximum atomic E-state index is 13.3. The molecule has 0 radical (unpaired) electrons. The number of ether oxygens (including phenoxy) is 1. The molecule has 1 aliphatic heterocycles. The maximum absolute atomic E-state index is 13.3. The third kappa shape index (κ3) is 4.32. The second kappa shape index (κ2) is 9.10. The molecule has 1 amide bonds. The Morgan fingerprint density at radius 1 is 1.30 bits per heavy atom. The third-order valence-corrected chi connectivity index (χ3v) is 6.52. The normalized spacial score (nSPS) is 20.3. The molecule has 1 saturated heterocycles. The summed E-state index contributed by atoms with van der Waals surface area (Å²) in [7, 11) is 1.50. The molecule has 156 valence electrons. The summed E-state index contributed by atoms with van der Waals surface area (Å²) in [4.78, 5) is 24.5. The number of pyridine rings is 1. The quantitative estimate of drug-likeness (QED) is 0.641. The number of carbonyl (C=O) groups excluding carboxylic acids is 1. The highest BCUT2D eigenvalue weighted by Gasteiger charge is 2.38. The van der Waals surface area contributed by atoms with E-state index in [0.29, 0.717) is 26.5 Å². The average molecular weight is 444 g/mol. The summed E-state index contributed by atoms with van der Waals surface area (Å²) in [6.07, 6.45) is 10.3. The Morgan fingerprint density at radius 3 is 2.83 bits per heavy atom. The van der Waals surface area contributed by atoms with Gasteiger partial charge in [-0.05, 0) is 54.4 Å². The zero-order valence-electron chi connectivity index (χ0n) is 16.5. The number of aromatic hydroxyl groups is 1. The molecular formula is C22H22ClN3O3S. The van der Waals surface area contributed by atoms with Crippen LogP contribution in [0.1, 0.15) is 37.7 Å². The lowest BCUT2D eigenvalue weighted by atomic mass is 9.94. The van der Waals surface area contributed by atoms with Gasteiger partial charge in [0.2, 0.25) is 0 Å². The monoisotopic (exact) mass is 443 g/mol. The third-order valence-electron chi connectivity index (χ3n) is 5.25. The number of phenols is 1. The van der Waals surface area contributed by atoms with Crippen molar-refractivity contribution in [1.29, 1.82) is 0 Å². The van der Waals surface area contributed by atoms with E-state index >= 15 is 0 Å². The van der Waals surface area contributed by atoms with Crippen LogP contribution in [0.5, 0.6) is 11.5 Å². The van der Waals surface area contributed by atoms with Crippen LogP contribution in [0.25, 0.3) is 6.08 Å². The zero-order valence-corrected chi connectivity index (χ0v) is 18.1. The molecular weight excluding hydrogens is 422 g/mol. The molecule has 1 aliphatic carbocycles. The fourth-order valence-electron chi connectivity index (χ4n) is 3.72. The molecule has 0 bridgehead atoms. The van der Waals surface area contributed by atoms with Crippen molar-refractivity contribution in [2.24, 2.45) is 4.99 Å². The minimum Gasteiger partial charge on any atom is -0.504 e. The van der Waals surface area contributed by atoms with E-state index in [4.69, 9.17) is 21.3 Å². The number of halogens is 1. The molecule has 0 spiro atoms. The molecule has 0 atom stereocenters. The number of aliphatic imine (C=N–C) groups is 1. The second-order valence-electron chi connectivity index (χ2n) is 7.23. The smallest absolute Gasteiger partial charge is 0.267 e. The number of methoxy groups -OCH3 is 1. The van der Waals surface area contributed by atoms with Crippen molar-refractivity contribution in [3.63, 3.8) is 0 Å². The number of phenolic OH excluding ortho intramolecular Hbond substituents is 1. The Morgan fingerprint density at radius 2 is 2.10 bits per heavy atom. The molecule has 1 aromatic carbocycles. The molecule has 0 unspecified atom stereocenters. The van der Waals surface area contributed by atoms with Gasteiger partial charge in [-0.2, -0.15) is 0 Å². The van der Waals surface area contributed by atoms with Crippen molar-refractivity contribution in [3.8, 4) is 11.5 Å². The minimum absolute atomic E-state index is 0.0529. The lowest BCUT2D eigenvalue weighted by Crippen LogP contribution is -2.40. The van der Waals surface area contributed by atoms with Gasteiger partial charge in [0, 0.05) is 18.4 Å². The van der Waals surface area contributed by atoms with Crippen LogP contribution >= 0.6 is 23.4 Å². The lowest BCUT2D eigenvalue weighted by Gasteiger charge is -2.30. The SMILES string of the molecule is COc1cc(/C=C2\SC(=Nc3ccncc3Cl)N(C3CCCCC3)C2=O)ccc1O. The number of aromatic nitrogens is 1. The van der Waals surface area contributed by atoms with E-state index in [1.54, 1.807) is 36.7 Å². The predicted octanol–water partition coefficient (Wildman–Crippen LogP) is 5.39. The Kier molecular flexibility index (Phi) is 6.29. The van der Waals surface area contributed by atoms with Crippen molar-refractivity contribution >= 4 is 46.2 Å². The van der Waals surface area contributed by atoms with Gasteiger partial charge in [0.25, 0.3) is 5.91 Å². The van der Waals surface area contributed by atoms with E-state index in [0.717, 1.165) is 31.2 Å². The summed E-state index contributed by atoms with van der Waals surface area (Å²) in [5.41, 5.74) is 1.36. The Hall–Kier alpha value is -2.51. The van der Waals surface area contributed by atoms with Crippen LogP contribution in [0.4, 0.5) is 5.69 Å². The van der Waals surface area contributed by atoms with Crippen LogP contribution in [0.3, 0.4) is 0 Å². The highest BCUT2D eigenvalue weighted by Crippen LogP contribution is 2.39. The van der Waals surface area contributed by atoms with Crippen LogP contribution in [0, 0.1) is 0 Å². The standard InChI is InChI=1S/C22H22ClN3O3S/c1-29-19-11-14(7-8-18(19)27)12-20-21(28)26(15-5-3-2-4-6-15)22(30-20)25-17-9-10-24-13-16(17)23/h7-13,15,27H,2-6H2,1H3/b20-12-,25-22?. The number of amidine groups is 1. The minimum atomic E-state index is -0.0529. The van der Waals surface area contributed by atoms with Gasteiger partial charge >= 0.3 is 0 Å². The summed E-state index contributed by atoms with van der Waals surface area (Å²) in [5, 5.41) is 10.9. The van der Waals surface area contributed by atoms with E-state index in [-0.39, 0.29) is 17.7 Å². The first kappa shape index (κ1) is 20.8. The number of hydrogen-bond acceptors (Lipinski definition) is 6. The summed E-state index contributed by atoms with van der Waals surface area (Å²) >= 11 is 7.59. The van der Waals surface area contributed by atoms with E-state index < -0.39 is 0 Å². The molecule has 2 heterocycles. The highest BCUT2D eigenvalue weighted by atomic mass is 35.5. The number of amides is 1. The fraction of sp³-hybridized carbons (Fsp3) is 0.318. The molecule has 1 aromatic heterocycles. The Labute approximate surface area is 184 Å². The van der Waals surface area contributed by atoms with Gasteiger partial charge in [0.1, 0.15) is 0 Å². The van der Waals surface area contributed by atoms with E-state index in [1.165, 1.54) is 25.3 Å². The number of carbonyl (C=O) groups is 1. The largest absolute Gasteiger partial charge is 0.504 e. The van der Waals surface area contributed by atoms with Crippen molar-refractivity contribution in [2.45, 2.75) is 38.1 Å². The van der Waals surface area contributed by atoms with E-state index in [9.17, 15) is 9.90 Å². The van der Waals surface area contributed by atoms with Crippen LogP contribution in [0.15, 0.2) is 46.6 Å². The average Bonchev–Trinajstić information content (AvgIpc) is 3.06.